The Kier molecular flexibility index (Phi) is 4.83. The predicted octanol–water partition coefficient (Wildman–Crippen LogP) is 3.72. The summed E-state index contributed by atoms with van der Waals surface area (Å²) in [5, 5.41) is 14.8. The van der Waals surface area contributed by atoms with Gasteiger partial charge in [0.05, 0.1) is 6.26 Å². The van der Waals surface area contributed by atoms with Crippen LogP contribution in [0.2, 0.25) is 5.15 Å². The van der Waals surface area contributed by atoms with Crippen LogP contribution in [0.25, 0.3) is 10.8 Å². The smallest absolute Gasteiger partial charge is 0.270 e. The zero-order valence-corrected chi connectivity index (χ0v) is 13.8. The molecule has 3 rings (SSSR count). The predicted molar refractivity (Wildman–Crippen MR) is 92.0 cm³/mol. The molecule has 24 heavy (non-hydrogen) atoms. The number of halogens is 1. The van der Waals surface area contributed by atoms with Crippen LogP contribution in [0.1, 0.15) is 35.7 Å². The number of aliphatic hydroxyl groups is 1. The number of aliphatic hydroxyl groups excluding tert-OH is 1. The second-order valence-electron chi connectivity index (χ2n) is 5.66. The molecule has 0 aliphatic heterocycles. The summed E-state index contributed by atoms with van der Waals surface area (Å²) in [5.41, 5.74) is 0.248. The lowest BCUT2D eigenvalue weighted by Crippen LogP contribution is -2.34. The van der Waals surface area contributed by atoms with Crippen molar-refractivity contribution in [2.24, 2.45) is 0 Å². The van der Waals surface area contributed by atoms with Crippen LogP contribution < -0.4 is 5.32 Å². The van der Waals surface area contributed by atoms with Gasteiger partial charge in [0.25, 0.3) is 5.91 Å². The molecule has 0 bridgehead atoms. The summed E-state index contributed by atoms with van der Waals surface area (Å²) in [4.78, 5) is 16.5. The van der Waals surface area contributed by atoms with E-state index in [4.69, 9.17) is 16.0 Å². The van der Waals surface area contributed by atoms with Gasteiger partial charge in [-0.25, -0.2) is 4.98 Å². The van der Waals surface area contributed by atoms with Crippen molar-refractivity contribution in [2.75, 3.05) is 0 Å². The Bertz CT molecular complexity index is 849. The second kappa shape index (κ2) is 7.03. The highest BCUT2D eigenvalue weighted by molar-refractivity contribution is 6.34. The van der Waals surface area contributed by atoms with Crippen molar-refractivity contribution >= 4 is 28.3 Å². The van der Waals surface area contributed by atoms with Gasteiger partial charge in [-0.1, -0.05) is 35.9 Å². The van der Waals surface area contributed by atoms with Gasteiger partial charge in [0.2, 0.25) is 0 Å². The highest BCUT2D eigenvalue weighted by Gasteiger charge is 2.18. The second-order valence-corrected chi connectivity index (χ2v) is 6.02. The van der Waals surface area contributed by atoms with Crippen molar-refractivity contribution in [2.45, 2.75) is 25.5 Å². The monoisotopic (exact) mass is 344 g/mol. The number of rotatable bonds is 5. The number of furan rings is 1. The third-order valence-electron chi connectivity index (χ3n) is 3.75. The third-order valence-corrected chi connectivity index (χ3v) is 4.04. The highest BCUT2D eigenvalue weighted by Crippen LogP contribution is 2.23. The van der Waals surface area contributed by atoms with E-state index in [1.165, 1.54) is 6.26 Å². The average Bonchev–Trinajstić information content (AvgIpc) is 3.09. The molecule has 0 spiro atoms. The lowest BCUT2D eigenvalue weighted by molar-refractivity contribution is 0.0898. The molecule has 1 aromatic carbocycles. The van der Waals surface area contributed by atoms with Gasteiger partial charge >= 0.3 is 0 Å². The molecule has 0 fully saturated rings. The molecule has 2 atom stereocenters. The summed E-state index contributed by atoms with van der Waals surface area (Å²) in [5.74, 6) is 0.143. The standard InChI is InChI=1S/C18H17ClN2O3/c1-11(9-15(22)16-7-4-8-24-16)20-18(23)14-10-12-5-2-3-6-13(12)17(19)21-14/h2-8,10-11,15,22H,9H2,1H3,(H,20,23). The van der Waals surface area contributed by atoms with Crippen LogP contribution in [-0.2, 0) is 0 Å². The molecule has 2 aromatic heterocycles. The van der Waals surface area contributed by atoms with E-state index < -0.39 is 6.10 Å². The number of nitrogens with zero attached hydrogens (tertiary/aromatic N) is 1. The van der Waals surface area contributed by atoms with Crippen LogP contribution in [0.4, 0.5) is 0 Å². The number of aromatic nitrogens is 1. The zero-order valence-electron chi connectivity index (χ0n) is 13.1. The first-order valence-corrected chi connectivity index (χ1v) is 8.00. The van der Waals surface area contributed by atoms with E-state index in [0.29, 0.717) is 17.3 Å². The van der Waals surface area contributed by atoms with Gasteiger partial charge in [0, 0.05) is 17.8 Å². The number of carbonyl (C=O) groups excluding carboxylic acids is 1. The van der Waals surface area contributed by atoms with Crippen LogP contribution in [0.15, 0.2) is 53.1 Å². The number of hydrogen-bond donors (Lipinski definition) is 2. The van der Waals surface area contributed by atoms with Crippen LogP contribution in [0, 0.1) is 0 Å². The minimum atomic E-state index is -0.775. The first-order valence-electron chi connectivity index (χ1n) is 7.62. The van der Waals surface area contributed by atoms with Gasteiger partial charge in [-0.3, -0.25) is 4.79 Å². The molecule has 0 aliphatic rings. The van der Waals surface area contributed by atoms with Crippen molar-refractivity contribution in [1.82, 2.24) is 10.3 Å². The van der Waals surface area contributed by atoms with E-state index in [2.05, 4.69) is 10.3 Å². The number of fused-ring (bicyclic) bond motifs is 1. The van der Waals surface area contributed by atoms with Crippen molar-refractivity contribution in [3.63, 3.8) is 0 Å². The number of nitrogens with one attached hydrogen (secondary N) is 1. The Morgan fingerprint density at radius 2 is 2.12 bits per heavy atom. The molecule has 1 amide bonds. The maximum absolute atomic E-state index is 12.4. The minimum Gasteiger partial charge on any atom is -0.467 e. The normalized spacial score (nSPS) is 13.6. The van der Waals surface area contributed by atoms with Gasteiger partial charge in [-0.15, -0.1) is 0 Å². The molecule has 0 aliphatic carbocycles. The Labute approximate surface area is 144 Å². The fourth-order valence-electron chi connectivity index (χ4n) is 2.56. The molecule has 6 heteroatoms. The lowest BCUT2D eigenvalue weighted by Gasteiger charge is -2.16. The largest absolute Gasteiger partial charge is 0.467 e. The SMILES string of the molecule is CC(CC(O)c1ccco1)NC(=O)c1cc2ccccc2c(Cl)n1. The molecule has 2 unspecified atom stereocenters. The fraction of sp³-hybridized carbons (Fsp3) is 0.222. The Balaban J connectivity index is 1.70. The number of hydrogen-bond acceptors (Lipinski definition) is 4. The van der Waals surface area contributed by atoms with E-state index in [0.717, 1.165) is 10.8 Å². The van der Waals surface area contributed by atoms with Crippen molar-refractivity contribution in [3.05, 3.63) is 65.3 Å². The molecule has 3 aromatic rings. The molecule has 0 saturated heterocycles. The summed E-state index contributed by atoms with van der Waals surface area (Å²) in [6.45, 7) is 1.81. The van der Waals surface area contributed by atoms with Crippen LogP contribution >= 0.6 is 11.6 Å². The number of amides is 1. The van der Waals surface area contributed by atoms with E-state index >= 15 is 0 Å². The van der Waals surface area contributed by atoms with Gasteiger partial charge in [0.15, 0.2) is 0 Å². The number of benzene rings is 1. The average molecular weight is 345 g/mol. The highest BCUT2D eigenvalue weighted by atomic mass is 35.5. The quantitative estimate of drug-likeness (QED) is 0.692. The van der Waals surface area contributed by atoms with Gasteiger partial charge < -0.3 is 14.8 Å². The Hall–Kier alpha value is -2.37. The summed E-state index contributed by atoms with van der Waals surface area (Å²) in [7, 11) is 0. The molecule has 2 heterocycles. The maximum atomic E-state index is 12.4. The summed E-state index contributed by atoms with van der Waals surface area (Å²) >= 11 is 6.15. The molecule has 2 N–H and O–H groups in total. The topological polar surface area (TPSA) is 75.4 Å². The number of pyridine rings is 1. The minimum absolute atomic E-state index is 0.248. The molecule has 0 saturated carbocycles. The molecular formula is C18H17ClN2O3. The van der Waals surface area contributed by atoms with E-state index in [-0.39, 0.29) is 17.6 Å². The van der Waals surface area contributed by atoms with Gasteiger partial charge in [0.1, 0.15) is 22.7 Å². The van der Waals surface area contributed by atoms with Crippen LogP contribution in [0.5, 0.6) is 0 Å². The Morgan fingerprint density at radius 3 is 2.88 bits per heavy atom. The van der Waals surface area contributed by atoms with Gasteiger partial charge in [-0.05, 0) is 30.5 Å². The first-order chi connectivity index (χ1) is 11.5. The van der Waals surface area contributed by atoms with E-state index in [9.17, 15) is 9.90 Å². The van der Waals surface area contributed by atoms with Crippen molar-refractivity contribution in [1.29, 1.82) is 0 Å². The fourth-order valence-corrected chi connectivity index (χ4v) is 2.82. The third kappa shape index (κ3) is 3.58. The molecule has 5 nitrogen and oxygen atoms in total. The van der Waals surface area contributed by atoms with Crippen molar-refractivity contribution < 1.29 is 14.3 Å². The molecular weight excluding hydrogens is 328 g/mol. The Morgan fingerprint density at radius 1 is 1.33 bits per heavy atom. The van der Waals surface area contributed by atoms with E-state index in [1.807, 2.05) is 31.2 Å². The van der Waals surface area contributed by atoms with Crippen LogP contribution in [0.3, 0.4) is 0 Å². The van der Waals surface area contributed by atoms with Crippen LogP contribution in [-0.4, -0.2) is 22.0 Å². The zero-order chi connectivity index (χ0) is 17.1. The molecule has 124 valence electrons. The summed E-state index contributed by atoms with van der Waals surface area (Å²) in [6.07, 6.45) is 1.06. The summed E-state index contributed by atoms with van der Waals surface area (Å²) < 4.78 is 5.16. The number of carbonyl (C=O) groups is 1. The molecule has 0 radical (unpaired) electrons. The van der Waals surface area contributed by atoms with Gasteiger partial charge in [-0.2, -0.15) is 0 Å². The lowest BCUT2D eigenvalue weighted by atomic mass is 10.1. The summed E-state index contributed by atoms with van der Waals surface area (Å²) in [6, 6.07) is 12.3. The van der Waals surface area contributed by atoms with Crippen molar-refractivity contribution in [3.8, 4) is 0 Å². The van der Waals surface area contributed by atoms with E-state index in [1.54, 1.807) is 18.2 Å². The maximum Gasteiger partial charge on any atom is 0.270 e. The first kappa shape index (κ1) is 16.5.